The molecule has 218 valence electrons. The third kappa shape index (κ3) is 6.30. The SMILES string of the molecule is CCCc1cc(Cl)ccc1[C@@H]1COc2ccc3cc2N(CC2CCC2CCCC[C@H](C)C(C)S(=O)(=O)NC3=O)C1. The van der Waals surface area contributed by atoms with Crippen molar-refractivity contribution in [3.63, 3.8) is 0 Å². The molecule has 0 radical (unpaired) electrons. The van der Waals surface area contributed by atoms with Crippen molar-refractivity contribution in [2.24, 2.45) is 17.8 Å². The van der Waals surface area contributed by atoms with Crippen LogP contribution in [-0.2, 0) is 16.4 Å². The lowest BCUT2D eigenvalue weighted by atomic mass is 9.70. The van der Waals surface area contributed by atoms with Gasteiger partial charge in [-0.05, 0) is 91.8 Å². The van der Waals surface area contributed by atoms with E-state index in [1.165, 1.54) is 30.4 Å². The van der Waals surface area contributed by atoms with Crippen LogP contribution in [0.2, 0.25) is 5.02 Å². The summed E-state index contributed by atoms with van der Waals surface area (Å²) < 4.78 is 35.0. The Morgan fingerprint density at radius 2 is 1.77 bits per heavy atom. The van der Waals surface area contributed by atoms with Crippen molar-refractivity contribution in [3.8, 4) is 5.75 Å². The number of fused-ring (bicyclic) bond motifs is 2. The molecule has 5 atom stereocenters. The van der Waals surface area contributed by atoms with E-state index in [0.717, 1.165) is 61.7 Å². The predicted octanol–water partition coefficient (Wildman–Crippen LogP) is 6.96. The molecule has 5 rings (SSSR count). The lowest BCUT2D eigenvalue weighted by molar-refractivity contribution is 0.0980. The van der Waals surface area contributed by atoms with Crippen LogP contribution in [0.25, 0.3) is 0 Å². The van der Waals surface area contributed by atoms with Gasteiger partial charge in [-0.3, -0.25) is 4.79 Å². The van der Waals surface area contributed by atoms with Gasteiger partial charge in [0, 0.05) is 29.6 Å². The summed E-state index contributed by atoms with van der Waals surface area (Å²) in [7, 11) is -3.80. The molecule has 0 aromatic heterocycles. The average Bonchev–Trinajstić information content (AvgIpc) is 3.09. The number of hydrogen-bond acceptors (Lipinski definition) is 5. The molecule has 1 N–H and O–H groups in total. The van der Waals surface area contributed by atoms with Crippen molar-refractivity contribution in [2.75, 3.05) is 24.6 Å². The third-order valence-electron chi connectivity index (χ3n) is 9.55. The van der Waals surface area contributed by atoms with Crippen molar-refractivity contribution in [1.29, 1.82) is 0 Å². The molecule has 6 nitrogen and oxygen atoms in total. The fourth-order valence-corrected chi connectivity index (χ4v) is 8.20. The lowest BCUT2D eigenvalue weighted by Gasteiger charge is -2.41. The van der Waals surface area contributed by atoms with Gasteiger partial charge < -0.3 is 9.64 Å². The van der Waals surface area contributed by atoms with Crippen molar-refractivity contribution < 1.29 is 17.9 Å². The minimum absolute atomic E-state index is 0.0197. The van der Waals surface area contributed by atoms with Crippen molar-refractivity contribution in [1.82, 2.24) is 4.72 Å². The average molecular weight is 587 g/mol. The number of hydrogen-bond donors (Lipinski definition) is 1. The topological polar surface area (TPSA) is 75.7 Å². The molecule has 3 aliphatic rings. The first-order valence-electron chi connectivity index (χ1n) is 15.0. The second-order valence-corrected chi connectivity index (χ2v) is 14.7. The van der Waals surface area contributed by atoms with Gasteiger partial charge in [0.25, 0.3) is 5.91 Å². The number of anilines is 1. The number of benzene rings is 2. The Morgan fingerprint density at radius 3 is 2.52 bits per heavy atom. The van der Waals surface area contributed by atoms with Gasteiger partial charge in [0.05, 0.1) is 17.5 Å². The number of ether oxygens (including phenoxy) is 1. The highest BCUT2D eigenvalue weighted by Crippen LogP contribution is 2.43. The maximum Gasteiger partial charge on any atom is 0.264 e. The van der Waals surface area contributed by atoms with E-state index in [1.54, 1.807) is 13.0 Å². The highest BCUT2D eigenvalue weighted by atomic mass is 35.5. The van der Waals surface area contributed by atoms with Crippen molar-refractivity contribution in [2.45, 2.75) is 83.3 Å². The van der Waals surface area contributed by atoms with Crippen LogP contribution in [0.1, 0.15) is 93.1 Å². The Bertz CT molecular complexity index is 1330. The number of rotatable bonds is 3. The molecule has 1 saturated carbocycles. The van der Waals surface area contributed by atoms with E-state index < -0.39 is 21.2 Å². The largest absolute Gasteiger partial charge is 0.491 e. The van der Waals surface area contributed by atoms with E-state index in [2.05, 4.69) is 28.7 Å². The monoisotopic (exact) mass is 586 g/mol. The van der Waals surface area contributed by atoms with Crippen molar-refractivity contribution >= 4 is 33.2 Å². The lowest BCUT2D eigenvalue weighted by Crippen LogP contribution is -2.41. The summed E-state index contributed by atoms with van der Waals surface area (Å²) >= 11 is 6.38. The van der Waals surface area contributed by atoms with E-state index in [0.29, 0.717) is 24.0 Å². The summed E-state index contributed by atoms with van der Waals surface area (Å²) in [5.74, 6) is 1.58. The molecule has 1 aliphatic carbocycles. The first kappa shape index (κ1) is 29.2. The minimum atomic E-state index is -3.80. The molecule has 0 spiro atoms. The van der Waals surface area contributed by atoms with Gasteiger partial charge in [0.15, 0.2) is 0 Å². The number of sulfonamides is 1. The zero-order valence-electron chi connectivity index (χ0n) is 24.0. The smallest absolute Gasteiger partial charge is 0.264 e. The van der Waals surface area contributed by atoms with Crippen LogP contribution in [0, 0.1) is 17.8 Å². The molecular formula is C32H43ClN2O4S. The molecule has 2 aromatic rings. The Balaban J connectivity index is 1.51. The first-order chi connectivity index (χ1) is 19.2. The van der Waals surface area contributed by atoms with Gasteiger partial charge in [-0.1, -0.05) is 57.2 Å². The highest BCUT2D eigenvalue weighted by molar-refractivity contribution is 7.90. The van der Waals surface area contributed by atoms with Crippen LogP contribution in [0.15, 0.2) is 36.4 Å². The number of carbonyl (C=O) groups excluding carboxylic acids is 1. The van der Waals surface area contributed by atoms with E-state index in [4.69, 9.17) is 16.3 Å². The predicted molar refractivity (Wildman–Crippen MR) is 162 cm³/mol. The second kappa shape index (κ2) is 12.3. The van der Waals surface area contributed by atoms with Gasteiger partial charge in [0.2, 0.25) is 10.0 Å². The first-order valence-corrected chi connectivity index (χ1v) is 16.9. The number of carbonyl (C=O) groups is 1. The molecule has 2 bridgehead atoms. The summed E-state index contributed by atoms with van der Waals surface area (Å²) in [4.78, 5) is 15.6. The molecule has 1 amide bonds. The third-order valence-corrected chi connectivity index (χ3v) is 11.7. The number of nitrogens with zero attached hydrogens (tertiary/aromatic N) is 1. The molecule has 2 aliphatic heterocycles. The van der Waals surface area contributed by atoms with Crippen LogP contribution >= 0.6 is 11.6 Å². The van der Waals surface area contributed by atoms with E-state index in [1.807, 2.05) is 25.1 Å². The van der Waals surface area contributed by atoms with Crippen LogP contribution in [-0.4, -0.2) is 39.3 Å². The highest BCUT2D eigenvalue weighted by Gasteiger charge is 2.36. The molecule has 2 heterocycles. The molecule has 0 saturated heterocycles. The maximum atomic E-state index is 13.2. The summed E-state index contributed by atoms with van der Waals surface area (Å²) in [6.07, 6.45) is 8.63. The maximum absolute atomic E-state index is 13.2. The molecule has 1 fully saturated rings. The number of nitrogens with one attached hydrogen (secondary N) is 1. The Hall–Kier alpha value is -2.25. The normalized spacial score (nSPS) is 28.9. The Morgan fingerprint density at radius 1 is 1.00 bits per heavy atom. The summed E-state index contributed by atoms with van der Waals surface area (Å²) in [6, 6.07) is 11.5. The molecular weight excluding hydrogens is 544 g/mol. The standard InChI is InChI=1S/C32H43ClN2O4S/c1-4-7-24-16-28(33)13-14-29(24)27-19-35-18-26-11-10-23(26)9-6-5-8-21(2)22(3)40(37,38)34-32(36)25-12-15-31(39-20-27)30(35)17-25/h12-17,21-23,26-27H,4-11,18-20H2,1-3H3,(H,34,36)/t21-,22?,23?,26?,27-/m0/s1. The molecule has 40 heavy (non-hydrogen) atoms. The van der Waals surface area contributed by atoms with Crippen LogP contribution in [0.4, 0.5) is 5.69 Å². The zero-order valence-corrected chi connectivity index (χ0v) is 25.6. The minimum Gasteiger partial charge on any atom is -0.491 e. The molecule has 2 aromatic carbocycles. The van der Waals surface area contributed by atoms with Gasteiger partial charge in [-0.2, -0.15) is 0 Å². The quantitative estimate of drug-likeness (QED) is 0.421. The Kier molecular flexibility index (Phi) is 9.01. The van der Waals surface area contributed by atoms with Crippen molar-refractivity contribution in [3.05, 3.63) is 58.1 Å². The van der Waals surface area contributed by atoms with Crippen LogP contribution in [0.3, 0.4) is 0 Å². The van der Waals surface area contributed by atoms with Gasteiger partial charge in [-0.25, -0.2) is 13.1 Å². The summed E-state index contributed by atoms with van der Waals surface area (Å²) in [6.45, 7) is 8.08. The van der Waals surface area contributed by atoms with E-state index >= 15 is 0 Å². The van der Waals surface area contributed by atoms with Gasteiger partial charge in [-0.15, -0.1) is 0 Å². The Labute approximate surface area is 244 Å². The number of amides is 1. The fraction of sp³-hybridized carbons (Fsp3) is 0.594. The zero-order chi connectivity index (χ0) is 28.4. The summed E-state index contributed by atoms with van der Waals surface area (Å²) in [5, 5.41) is 0.112. The van der Waals surface area contributed by atoms with E-state index in [-0.39, 0.29) is 11.8 Å². The molecule has 8 heteroatoms. The molecule has 3 unspecified atom stereocenters. The number of aryl methyl sites for hydroxylation is 1. The second-order valence-electron chi connectivity index (χ2n) is 12.2. The fourth-order valence-electron chi connectivity index (χ4n) is 6.69. The van der Waals surface area contributed by atoms with Gasteiger partial charge >= 0.3 is 0 Å². The van der Waals surface area contributed by atoms with Crippen LogP contribution < -0.4 is 14.4 Å². The van der Waals surface area contributed by atoms with Crippen LogP contribution in [0.5, 0.6) is 5.75 Å². The van der Waals surface area contributed by atoms with E-state index in [9.17, 15) is 13.2 Å². The number of halogens is 1. The summed E-state index contributed by atoms with van der Waals surface area (Å²) in [5.41, 5.74) is 3.74. The van der Waals surface area contributed by atoms with Gasteiger partial charge in [0.1, 0.15) is 5.75 Å².